The summed E-state index contributed by atoms with van der Waals surface area (Å²) in [6, 6.07) is 5.70. The molecule has 0 radical (unpaired) electrons. The first-order valence-corrected chi connectivity index (χ1v) is 11.4. The molecule has 1 heterocycles. The molecule has 0 aliphatic carbocycles. The van der Waals surface area contributed by atoms with E-state index < -0.39 is 34.0 Å². The van der Waals surface area contributed by atoms with Crippen LogP contribution in [-0.4, -0.2) is 53.4 Å². The van der Waals surface area contributed by atoms with Gasteiger partial charge in [-0.3, -0.25) is 19.9 Å². The molecule has 1 aromatic rings. The summed E-state index contributed by atoms with van der Waals surface area (Å²) >= 11 is 0.816. The lowest BCUT2D eigenvalue weighted by Crippen LogP contribution is -2.37. The smallest absolute Gasteiger partial charge is 0.367 e. The van der Waals surface area contributed by atoms with Crippen LogP contribution in [0.2, 0.25) is 0 Å². The molecule has 2 unspecified atom stereocenters. The van der Waals surface area contributed by atoms with Crippen molar-refractivity contribution in [2.75, 3.05) is 25.6 Å². The second-order valence-electron chi connectivity index (χ2n) is 6.87. The molecule has 2 rings (SSSR count). The summed E-state index contributed by atoms with van der Waals surface area (Å²) in [4.78, 5) is 53.1. The Labute approximate surface area is 195 Å². The molecular weight excluding hydrogens is 452 g/mol. The van der Waals surface area contributed by atoms with Crippen molar-refractivity contribution in [3.05, 3.63) is 51.2 Å². The fourth-order valence-corrected chi connectivity index (χ4v) is 4.19. The maximum atomic E-state index is 13.1. The normalized spacial score (nSPS) is 17.8. The number of non-ortho nitro benzene ring substituents is 1. The maximum Gasteiger partial charge on any atom is 0.367 e. The molecule has 10 nitrogen and oxygen atoms in total. The number of ether oxygens (including phenoxy) is 3. The van der Waals surface area contributed by atoms with E-state index in [1.54, 1.807) is 33.8 Å². The molecule has 178 valence electrons. The summed E-state index contributed by atoms with van der Waals surface area (Å²) in [5, 5.41) is 10.8. The number of esters is 2. The highest BCUT2D eigenvalue weighted by molar-refractivity contribution is 8.13. The van der Waals surface area contributed by atoms with Crippen LogP contribution >= 0.6 is 11.8 Å². The van der Waals surface area contributed by atoms with Gasteiger partial charge in [-0.1, -0.05) is 12.1 Å². The number of benzene rings is 1. The van der Waals surface area contributed by atoms with Gasteiger partial charge < -0.3 is 14.2 Å². The number of nitro benzene ring substituents is 1. The zero-order chi connectivity index (χ0) is 24.5. The van der Waals surface area contributed by atoms with Gasteiger partial charge in [0.05, 0.1) is 36.0 Å². The molecule has 1 aliphatic heterocycles. The van der Waals surface area contributed by atoms with Gasteiger partial charge in [0, 0.05) is 29.5 Å². The lowest BCUT2D eigenvalue weighted by atomic mass is 9.75. The van der Waals surface area contributed by atoms with E-state index in [1.165, 1.54) is 18.2 Å². The van der Waals surface area contributed by atoms with Gasteiger partial charge in [0.1, 0.15) is 5.92 Å². The second kappa shape index (κ2) is 12.1. The van der Waals surface area contributed by atoms with Crippen LogP contribution in [0.5, 0.6) is 0 Å². The van der Waals surface area contributed by atoms with E-state index in [1.807, 2.05) is 0 Å². The highest BCUT2D eigenvalue weighted by Crippen LogP contribution is 2.41. The number of nitro groups is 1. The van der Waals surface area contributed by atoms with Crippen molar-refractivity contribution in [2.24, 2.45) is 10.9 Å². The summed E-state index contributed by atoms with van der Waals surface area (Å²) in [5.41, 5.74) is 0.815. The van der Waals surface area contributed by atoms with Gasteiger partial charge in [0.15, 0.2) is 0 Å². The molecule has 11 heteroatoms. The standard InChI is InChI=1S/C22H26N2O8S/c1-5-30-20(25)17-13(4)23-16(12-33-22(27)32-7-3)19(21(26)31-6-2)18(17)14-9-8-10-15(11-14)24(28)29/h8-11,17-18H,5-7,12H2,1-4H3. The molecule has 0 N–H and O–H groups in total. The SMILES string of the molecule is CCOC(=O)SCC1=C(C(=O)OCC)C(c2cccc([N+](=O)[O-])c2)C(C(=O)OCC)C(C)=N1. The van der Waals surface area contributed by atoms with E-state index in [0.29, 0.717) is 11.3 Å². The minimum atomic E-state index is -0.997. The predicted octanol–water partition coefficient (Wildman–Crippen LogP) is 4.04. The molecule has 0 spiro atoms. The summed E-state index contributed by atoms with van der Waals surface area (Å²) in [7, 11) is 0. The number of hydrogen-bond acceptors (Lipinski definition) is 10. The third kappa shape index (κ3) is 6.41. The number of rotatable bonds is 9. The molecular formula is C22H26N2O8S. The number of carbonyl (C=O) groups excluding carboxylic acids is 3. The molecule has 0 fully saturated rings. The van der Waals surface area contributed by atoms with Gasteiger partial charge in [0.2, 0.25) is 0 Å². The van der Waals surface area contributed by atoms with Crippen LogP contribution < -0.4 is 0 Å². The average molecular weight is 479 g/mol. The summed E-state index contributed by atoms with van der Waals surface area (Å²) in [6.45, 7) is 6.94. The Kier molecular flexibility index (Phi) is 9.58. The molecule has 0 bridgehead atoms. The van der Waals surface area contributed by atoms with E-state index in [9.17, 15) is 24.5 Å². The topological polar surface area (TPSA) is 134 Å². The van der Waals surface area contributed by atoms with Crippen LogP contribution in [0.15, 0.2) is 40.5 Å². The zero-order valence-electron chi connectivity index (χ0n) is 18.9. The van der Waals surface area contributed by atoms with Crippen LogP contribution in [0.1, 0.15) is 39.2 Å². The third-order valence-electron chi connectivity index (χ3n) is 4.78. The Balaban J connectivity index is 2.69. The van der Waals surface area contributed by atoms with Crippen molar-refractivity contribution in [1.82, 2.24) is 0 Å². The fraction of sp³-hybridized carbons (Fsp3) is 0.455. The number of nitrogens with zero attached hydrogens (tertiary/aromatic N) is 2. The van der Waals surface area contributed by atoms with Crippen molar-refractivity contribution in [1.29, 1.82) is 0 Å². The first-order chi connectivity index (χ1) is 15.7. The summed E-state index contributed by atoms with van der Waals surface area (Å²) in [5.74, 6) is -3.29. The molecule has 0 aromatic heterocycles. The number of hydrogen-bond donors (Lipinski definition) is 0. The maximum absolute atomic E-state index is 13.1. The monoisotopic (exact) mass is 478 g/mol. The molecule has 0 amide bonds. The van der Waals surface area contributed by atoms with Crippen LogP contribution in [0.3, 0.4) is 0 Å². The van der Waals surface area contributed by atoms with Gasteiger partial charge in [-0.25, -0.2) is 9.59 Å². The Bertz CT molecular complexity index is 988. The minimum Gasteiger partial charge on any atom is -0.465 e. The van der Waals surface area contributed by atoms with E-state index in [0.717, 1.165) is 11.8 Å². The Hall–Kier alpha value is -3.21. The molecule has 0 saturated heterocycles. The van der Waals surface area contributed by atoms with Crippen LogP contribution in [0.4, 0.5) is 10.5 Å². The van der Waals surface area contributed by atoms with Gasteiger partial charge in [-0.2, -0.15) is 0 Å². The quantitative estimate of drug-likeness (QED) is 0.223. The lowest BCUT2D eigenvalue weighted by molar-refractivity contribution is -0.384. The molecule has 33 heavy (non-hydrogen) atoms. The van der Waals surface area contributed by atoms with E-state index in [-0.39, 0.29) is 42.5 Å². The van der Waals surface area contributed by atoms with Gasteiger partial charge in [-0.15, -0.1) is 0 Å². The van der Waals surface area contributed by atoms with Crippen LogP contribution in [-0.2, 0) is 23.8 Å². The average Bonchev–Trinajstić information content (AvgIpc) is 2.77. The molecule has 1 aliphatic rings. The van der Waals surface area contributed by atoms with Gasteiger partial charge in [-0.05, 0) is 45.0 Å². The third-order valence-corrected chi connectivity index (χ3v) is 5.55. The highest BCUT2D eigenvalue weighted by atomic mass is 32.2. The number of carbonyl (C=O) groups is 3. The summed E-state index contributed by atoms with van der Waals surface area (Å²) in [6.07, 6.45) is 0. The fourth-order valence-electron chi connectivity index (χ4n) is 3.51. The van der Waals surface area contributed by atoms with Crippen LogP contribution in [0.25, 0.3) is 0 Å². The highest BCUT2D eigenvalue weighted by Gasteiger charge is 2.43. The second-order valence-corrected chi connectivity index (χ2v) is 7.78. The van der Waals surface area contributed by atoms with Crippen molar-refractivity contribution in [2.45, 2.75) is 33.6 Å². The molecule has 0 saturated carbocycles. The van der Waals surface area contributed by atoms with E-state index >= 15 is 0 Å². The van der Waals surface area contributed by atoms with Gasteiger partial charge >= 0.3 is 17.2 Å². The van der Waals surface area contributed by atoms with E-state index in [2.05, 4.69) is 4.99 Å². The first-order valence-electron chi connectivity index (χ1n) is 10.4. The molecule has 2 atom stereocenters. The van der Waals surface area contributed by atoms with E-state index in [4.69, 9.17) is 14.2 Å². The van der Waals surface area contributed by atoms with Gasteiger partial charge in [0.25, 0.3) is 5.69 Å². The summed E-state index contributed by atoms with van der Waals surface area (Å²) < 4.78 is 15.4. The van der Waals surface area contributed by atoms with Crippen molar-refractivity contribution in [3.8, 4) is 0 Å². The first kappa shape index (κ1) is 26.0. The Morgan fingerprint density at radius 3 is 2.36 bits per heavy atom. The predicted molar refractivity (Wildman–Crippen MR) is 122 cm³/mol. The van der Waals surface area contributed by atoms with Crippen LogP contribution in [0, 0.1) is 16.0 Å². The Morgan fingerprint density at radius 1 is 1.09 bits per heavy atom. The minimum absolute atomic E-state index is 0.00864. The molecule has 1 aromatic carbocycles. The zero-order valence-corrected chi connectivity index (χ0v) is 19.7. The van der Waals surface area contributed by atoms with Crippen molar-refractivity contribution in [3.63, 3.8) is 0 Å². The van der Waals surface area contributed by atoms with Crippen molar-refractivity contribution >= 4 is 40.4 Å². The lowest BCUT2D eigenvalue weighted by Gasteiger charge is -2.32. The number of aliphatic imine (C=N–C) groups is 1. The Morgan fingerprint density at radius 2 is 1.76 bits per heavy atom. The van der Waals surface area contributed by atoms with Crippen molar-refractivity contribution < 1.29 is 33.5 Å². The largest absolute Gasteiger partial charge is 0.465 e. The number of thioether (sulfide) groups is 1.